The molecule has 0 spiro atoms. The van der Waals surface area contributed by atoms with Gasteiger partial charge in [0.15, 0.2) is 6.10 Å². The highest BCUT2D eigenvalue weighted by Gasteiger charge is 2.61. The number of hydrogen-bond acceptors (Lipinski definition) is 5. The Balaban J connectivity index is 1.37. The van der Waals surface area contributed by atoms with Gasteiger partial charge in [-0.1, -0.05) is 6.07 Å². The van der Waals surface area contributed by atoms with Gasteiger partial charge in [0.2, 0.25) is 0 Å². The number of amides is 1. The average Bonchev–Trinajstić information content (AvgIpc) is 3.03. The number of carbonyl (C=O) groups excluding carboxylic acids is 2. The van der Waals surface area contributed by atoms with Crippen LogP contribution in [-0.4, -0.2) is 28.7 Å². The zero-order valence-corrected chi connectivity index (χ0v) is 15.3. The molecule has 0 saturated heterocycles. The number of hydrogen-bond donors (Lipinski definition) is 2. The van der Waals surface area contributed by atoms with Gasteiger partial charge in [-0.2, -0.15) is 0 Å². The second kappa shape index (κ2) is 6.09. The maximum absolute atomic E-state index is 12.9. The van der Waals surface area contributed by atoms with E-state index in [2.05, 4.69) is 5.32 Å². The Kier molecular flexibility index (Phi) is 4.15. The molecular formula is C19H25NO4S. The fourth-order valence-corrected chi connectivity index (χ4v) is 6.17. The van der Waals surface area contributed by atoms with E-state index < -0.39 is 17.1 Å². The quantitative estimate of drug-likeness (QED) is 0.789. The molecule has 3 atom stereocenters. The molecule has 1 aromatic heterocycles. The molecule has 4 aliphatic carbocycles. The van der Waals surface area contributed by atoms with Crippen molar-refractivity contribution in [1.29, 1.82) is 0 Å². The minimum Gasteiger partial charge on any atom is -0.452 e. The van der Waals surface area contributed by atoms with Crippen molar-refractivity contribution in [2.45, 2.75) is 63.7 Å². The van der Waals surface area contributed by atoms with Crippen LogP contribution in [0.2, 0.25) is 0 Å². The van der Waals surface area contributed by atoms with Crippen LogP contribution in [0, 0.1) is 17.3 Å². The minimum atomic E-state index is -0.810. The Morgan fingerprint density at radius 2 is 2.08 bits per heavy atom. The van der Waals surface area contributed by atoms with Gasteiger partial charge < -0.3 is 15.2 Å². The van der Waals surface area contributed by atoms with E-state index in [9.17, 15) is 14.7 Å². The summed E-state index contributed by atoms with van der Waals surface area (Å²) in [4.78, 5) is 26.2. The van der Waals surface area contributed by atoms with Crippen LogP contribution in [0.4, 0.5) is 0 Å². The van der Waals surface area contributed by atoms with E-state index in [0.717, 1.165) is 37.0 Å². The van der Waals surface area contributed by atoms with Crippen LogP contribution < -0.4 is 5.32 Å². The molecule has 0 unspecified atom stereocenters. The monoisotopic (exact) mass is 363 g/mol. The number of ether oxygens (including phenoxy) is 1. The van der Waals surface area contributed by atoms with Gasteiger partial charge in [-0.05, 0) is 68.7 Å². The first-order valence-electron chi connectivity index (χ1n) is 9.11. The summed E-state index contributed by atoms with van der Waals surface area (Å²) in [6.45, 7) is 2.07. The van der Waals surface area contributed by atoms with E-state index in [0.29, 0.717) is 24.8 Å². The zero-order valence-electron chi connectivity index (χ0n) is 14.5. The van der Waals surface area contributed by atoms with Crippen LogP contribution >= 0.6 is 11.3 Å². The maximum Gasteiger partial charge on any atom is 0.312 e. The SMILES string of the molecule is C[C@@H](OC(=O)C12C[C@H]3C[C@@H](CC(O)(C3)C1)C2)C(=O)NCc1cccs1. The first-order chi connectivity index (χ1) is 11.9. The summed E-state index contributed by atoms with van der Waals surface area (Å²) in [5.41, 5.74) is -1.28. The third-order valence-electron chi connectivity index (χ3n) is 6.13. The van der Waals surface area contributed by atoms with E-state index in [4.69, 9.17) is 4.74 Å². The second-order valence-electron chi connectivity index (χ2n) is 8.31. The zero-order chi connectivity index (χ0) is 17.7. The molecule has 5 nitrogen and oxygen atoms in total. The number of esters is 1. The van der Waals surface area contributed by atoms with Crippen molar-refractivity contribution in [3.8, 4) is 0 Å². The number of thiophene rings is 1. The van der Waals surface area contributed by atoms with Crippen LogP contribution in [0.25, 0.3) is 0 Å². The highest BCUT2D eigenvalue weighted by Crippen LogP contribution is 2.62. The Bertz CT molecular complexity index is 657. The summed E-state index contributed by atoms with van der Waals surface area (Å²) in [6.07, 6.45) is 4.03. The predicted octanol–water partition coefficient (Wildman–Crippen LogP) is 2.63. The van der Waals surface area contributed by atoms with Crippen molar-refractivity contribution in [2.75, 3.05) is 0 Å². The van der Waals surface area contributed by atoms with Gasteiger partial charge in [0.1, 0.15) is 0 Å². The maximum atomic E-state index is 12.9. The number of nitrogens with one attached hydrogen (secondary N) is 1. The van der Waals surface area contributed by atoms with Crippen LogP contribution in [0.3, 0.4) is 0 Å². The van der Waals surface area contributed by atoms with Crippen molar-refractivity contribution in [2.24, 2.45) is 17.3 Å². The third kappa shape index (κ3) is 3.22. The van der Waals surface area contributed by atoms with Crippen LogP contribution in [-0.2, 0) is 20.9 Å². The molecule has 4 bridgehead atoms. The lowest BCUT2D eigenvalue weighted by Crippen LogP contribution is -2.59. The molecule has 1 amide bonds. The molecule has 1 aromatic rings. The van der Waals surface area contributed by atoms with Gasteiger partial charge in [-0.25, -0.2) is 0 Å². The number of rotatable bonds is 5. The largest absolute Gasteiger partial charge is 0.452 e. The molecule has 4 aliphatic rings. The summed E-state index contributed by atoms with van der Waals surface area (Å²) >= 11 is 1.58. The van der Waals surface area contributed by atoms with E-state index in [1.165, 1.54) is 0 Å². The van der Waals surface area contributed by atoms with E-state index in [-0.39, 0.29) is 11.9 Å². The topological polar surface area (TPSA) is 75.6 Å². The lowest BCUT2D eigenvalue weighted by atomic mass is 9.48. The van der Waals surface area contributed by atoms with Gasteiger partial charge in [0, 0.05) is 4.88 Å². The highest BCUT2D eigenvalue weighted by molar-refractivity contribution is 7.09. The Hall–Kier alpha value is -1.40. The summed E-state index contributed by atoms with van der Waals surface area (Å²) in [5.74, 6) is 0.271. The molecule has 2 N–H and O–H groups in total. The van der Waals surface area contributed by atoms with Crippen molar-refractivity contribution in [1.82, 2.24) is 5.32 Å². The molecule has 4 saturated carbocycles. The molecule has 25 heavy (non-hydrogen) atoms. The average molecular weight is 363 g/mol. The summed E-state index contributed by atoms with van der Waals surface area (Å²) < 4.78 is 5.55. The lowest BCUT2D eigenvalue weighted by Gasteiger charge is -2.58. The first-order valence-corrected chi connectivity index (χ1v) is 9.99. The fourth-order valence-electron chi connectivity index (χ4n) is 5.52. The highest BCUT2D eigenvalue weighted by atomic mass is 32.1. The second-order valence-corrected chi connectivity index (χ2v) is 9.34. The number of aliphatic hydroxyl groups is 1. The molecule has 5 rings (SSSR count). The predicted molar refractivity (Wildman–Crippen MR) is 93.8 cm³/mol. The van der Waals surface area contributed by atoms with Gasteiger partial charge in [-0.15, -0.1) is 11.3 Å². The lowest BCUT2D eigenvalue weighted by molar-refractivity contribution is -0.200. The summed E-state index contributed by atoms with van der Waals surface area (Å²) in [5, 5.41) is 15.5. The Morgan fingerprint density at radius 1 is 1.36 bits per heavy atom. The molecule has 6 heteroatoms. The Labute approximate surface area is 151 Å². The standard InChI is InChI=1S/C19H25NO4S/c1-12(16(21)20-10-15-3-2-4-25-15)24-17(22)18-6-13-5-14(7-18)9-19(23,8-13)11-18/h2-4,12-14,23H,5-11H2,1H3,(H,20,21)/t12-,13-,14-,18?,19?/m1/s1. The first kappa shape index (κ1) is 17.0. The van der Waals surface area contributed by atoms with Gasteiger partial charge in [0.05, 0.1) is 17.6 Å². The fraction of sp³-hybridized carbons (Fsp3) is 0.684. The molecule has 0 aromatic carbocycles. The van der Waals surface area contributed by atoms with Crippen molar-refractivity contribution < 1.29 is 19.4 Å². The van der Waals surface area contributed by atoms with E-state index in [1.807, 2.05) is 17.5 Å². The molecule has 4 fully saturated rings. The van der Waals surface area contributed by atoms with Gasteiger partial charge in [0.25, 0.3) is 5.91 Å². The van der Waals surface area contributed by atoms with E-state index in [1.54, 1.807) is 18.3 Å². The van der Waals surface area contributed by atoms with Crippen molar-refractivity contribution >= 4 is 23.2 Å². The minimum absolute atomic E-state index is 0.273. The summed E-state index contributed by atoms with van der Waals surface area (Å²) in [7, 11) is 0. The van der Waals surface area contributed by atoms with E-state index >= 15 is 0 Å². The van der Waals surface area contributed by atoms with Crippen molar-refractivity contribution in [3.05, 3.63) is 22.4 Å². The summed E-state index contributed by atoms with van der Waals surface area (Å²) in [6, 6.07) is 3.89. The van der Waals surface area contributed by atoms with Crippen LogP contribution in [0.15, 0.2) is 17.5 Å². The van der Waals surface area contributed by atoms with Gasteiger partial charge >= 0.3 is 5.97 Å². The normalized spacial score (nSPS) is 36.9. The molecular weight excluding hydrogens is 338 g/mol. The third-order valence-corrected chi connectivity index (χ3v) is 7.01. The van der Waals surface area contributed by atoms with Crippen molar-refractivity contribution in [3.63, 3.8) is 0 Å². The van der Waals surface area contributed by atoms with Crippen LogP contribution in [0.5, 0.6) is 0 Å². The molecule has 0 aliphatic heterocycles. The molecule has 136 valence electrons. The number of carbonyl (C=O) groups is 2. The van der Waals surface area contributed by atoms with Crippen LogP contribution in [0.1, 0.15) is 50.3 Å². The van der Waals surface area contributed by atoms with Gasteiger partial charge in [-0.3, -0.25) is 9.59 Å². The molecule has 1 heterocycles. The Morgan fingerprint density at radius 3 is 2.68 bits per heavy atom. The molecule has 0 radical (unpaired) electrons. The smallest absolute Gasteiger partial charge is 0.312 e.